The van der Waals surface area contributed by atoms with Gasteiger partial charge in [-0.3, -0.25) is 4.79 Å². The first-order valence-electron chi connectivity index (χ1n) is 9.31. The fourth-order valence-corrected chi connectivity index (χ4v) is 3.91. The molecular weight excluding hydrogens is 422 g/mol. The van der Waals surface area contributed by atoms with Gasteiger partial charge in [-0.25, -0.2) is 9.37 Å². The van der Waals surface area contributed by atoms with Gasteiger partial charge >= 0.3 is 0 Å². The molecule has 1 amide bonds. The van der Waals surface area contributed by atoms with Gasteiger partial charge in [0.15, 0.2) is 0 Å². The van der Waals surface area contributed by atoms with E-state index in [-0.39, 0.29) is 18.3 Å². The average molecular weight is 439 g/mol. The number of rotatable bonds is 4. The molecule has 0 aliphatic heterocycles. The molecule has 6 heteroatoms. The predicted octanol–water partition coefficient (Wildman–Crippen LogP) is 6.59. The molecule has 1 aromatic heterocycles. The molecule has 3 aromatic carbocycles. The van der Waals surface area contributed by atoms with Crippen LogP contribution in [0, 0.1) is 12.7 Å². The van der Waals surface area contributed by atoms with Gasteiger partial charge < -0.3 is 5.32 Å². The van der Waals surface area contributed by atoms with E-state index >= 15 is 0 Å². The molecule has 0 bridgehead atoms. The van der Waals surface area contributed by atoms with Gasteiger partial charge in [-0.15, -0.1) is 0 Å². The molecule has 0 aliphatic rings. The smallest absolute Gasteiger partial charge is 0.252 e. The van der Waals surface area contributed by atoms with E-state index in [0.29, 0.717) is 32.4 Å². The number of hydrogen-bond acceptors (Lipinski definition) is 2. The maximum Gasteiger partial charge on any atom is 0.252 e. The molecule has 1 N–H and O–H groups in total. The van der Waals surface area contributed by atoms with Crippen LogP contribution < -0.4 is 5.32 Å². The van der Waals surface area contributed by atoms with Crippen LogP contribution >= 0.6 is 23.2 Å². The van der Waals surface area contributed by atoms with Gasteiger partial charge in [-0.05, 0) is 54.4 Å². The zero-order chi connectivity index (χ0) is 21.3. The van der Waals surface area contributed by atoms with Gasteiger partial charge in [-0.1, -0.05) is 53.5 Å². The normalized spacial score (nSPS) is 10.9. The van der Waals surface area contributed by atoms with E-state index in [1.165, 1.54) is 12.1 Å². The summed E-state index contributed by atoms with van der Waals surface area (Å²) < 4.78 is 13.1. The molecule has 0 spiro atoms. The van der Waals surface area contributed by atoms with Gasteiger partial charge in [0.2, 0.25) is 0 Å². The number of pyridine rings is 1. The van der Waals surface area contributed by atoms with Crippen molar-refractivity contribution in [2.24, 2.45) is 0 Å². The van der Waals surface area contributed by atoms with Crippen LogP contribution in [0.5, 0.6) is 0 Å². The molecule has 4 aromatic rings. The lowest BCUT2D eigenvalue weighted by Crippen LogP contribution is -2.24. The molecule has 1 heterocycles. The molecule has 0 saturated carbocycles. The average Bonchev–Trinajstić information content (AvgIpc) is 2.73. The number of nitrogens with one attached hydrogen (secondary N) is 1. The summed E-state index contributed by atoms with van der Waals surface area (Å²) in [4.78, 5) is 17.9. The fraction of sp³-hybridized carbons (Fsp3) is 0.0833. The highest BCUT2D eigenvalue weighted by Gasteiger charge is 2.20. The Balaban J connectivity index is 1.78. The van der Waals surface area contributed by atoms with Crippen LogP contribution in [0.2, 0.25) is 10.0 Å². The maximum atomic E-state index is 13.2. The molecule has 4 rings (SSSR count). The Labute approximate surface area is 183 Å². The minimum absolute atomic E-state index is 0.234. The molecular formula is C24H17Cl2FN2O. The fourth-order valence-electron chi connectivity index (χ4n) is 3.42. The standard InChI is InChI=1S/C24H17Cl2FN2O/c1-14-22(24(30)28-13-15-6-9-17(27)10-7-15)19-4-2-3-5-21(19)29-23(14)18-11-8-16(25)12-20(18)26/h2-12H,13H2,1H3,(H,28,30). The third kappa shape index (κ3) is 4.02. The number of halogens is 3. The second-order valence-electron chi connectivity index (χ2n) is 6.91. The number of nitrogens with zero attached hydrogens (tertiary/aromatic N) is 1. The summed E-state index contributed by atoms with van der Waals surface area (Å²) >= 11 is 12.5. The molecule has 0 fully saturated rings. The van der Waals surface area contributed by atoms with Gasteiger partial charge in [0.05, 0.1) is 21.8 Å². The summed E-state index contributed by atoms with van der Waals surface area (Å²) in [6.07, 6.45) is 0. The molecule has 30 heavy (non-hydrogen) atoms. The second kappa shape index (κ2) is 8.42. The molecule has 150 valence electrons. The number of fused-ring (bicyclic) bond motifs is 1. The van der Waals surface area contributed by atoms with Crippen LogP contribution in [0.1, 0.15) is 21.5 Å². The first-order valence-corrected chi connectivity index (χ1v) is 10.1. The largest absolute Gasteiger partial charge is 0.348 e. The summed E-state index contributed by atoms with van der Waals surface area (Å²) in [5.74, 6) is -0.549. The number of benzene rings is 3. The Morgan fingerprint density at radius 2 is 1.77 bits per heavy atom. The van der Waals surface area contributed by atoms with E-state index in [1.54, 1.807) is 30.3 Å². The Kier molecular flexibility index (Phi) is 5.71. The Morgan fingerprint density at radius 1 is 1.03 bits per heavy atom. The van der Waals surface area contributed by atoms with Crippen molar-refractivity contribution in [3.8, 4) is 11.3 Å². The highest BCUT2D eigenvalue weighted by Crippen LogP contribution is 2.34. The van der Waals surface area contributed by atoms with E-state index in [2.05, 4.69) is 5.32 Å². The molecule has 0 radical (unpaired) electrons. The van der Waals surface area contributed by atoms with Crippen LogP contribution in [0.15, 0.2) is 66.7 Å². The molecule has 0 aliphatic carbocycles. The highest BCUT2D eigenvalue weighted by molar-refractivity contribution is 6.36. The number of hydrogen-bond donors (Lipinski definition) is 1. The van der Waals surface area contributed by atoms with Crippen molar-refractivity contribution in [2.45, 2.75) is 13.5 Å². The summed E-state index contributed by atoms with van der Waals surface area (Å²) in [5, 5.41) is 4.67. The number of carbonyl (C=O) groups excluding carboxylic acids is 1. The summed E-state index contributed by atoms with van der Waals surface area (Å²) in [6.45, 7) is 2.14. The van der Waals surface area contributed by atoms with E-state index in [1.807, 2.05) is 31.2 Å². The topological polar surface area (TPSA) is 42.0 Å². The highest BCUT2D eigenvalue weighted by atomic mass is 35.5. The van der Waals surface area contributed by atoms with Crippen molar-refractivity contribution >= 4 is 40.0 Å². The molecule has 0 unspecified atom stereocenters. The summed E-state index contributed by atoms with van der Waals surface area (Å²) in [7, 11) is 0. The molecule has 0 atom stereocenters. The van der Waals surface area contributed by atoms with Crippen LogP contribution in [0.3, 0.4) is 0 Å². The predicted molar refractivity (Wildman–Crippen MR) is 120 cm³/mol. The van der Waals surface area contributed by atoms with Crippen LogP contribution in [0.25, 0.3) is 22.2 Å². The summed E-state index contributed by atoms with van der Waals surface area (Å²) in [5.41, 5.74) is 4.08. The monoisotopic (exact) mass is 438 g/mol. The number of aromatic nitrogens is 1. The first kappa shape index (κ1) is 20.3. The van der Waals surface area contributed by atoms with Gasteiger partial charge in [0.1, 0.15) is 5.82 Å². The molecule has 0 saturated heterocycles. The van der Waals surface area contributed by atoms with Crippen molar-refractivity contribution in [2.75, 3.05) is 0 Å². The third-order valence-corrected chi connectivity index (χ3v) is 5.46. The van der Waals surface area contributed by atoms with Crippen molar-refractivity contribution in [3.05, 3.63) is 99.3 Å². The van der Waals surface area contributed by atoms with E-state index < -0.39 is 0 Å². The van der Waals surface area contributed by atoms with E-state index in [0.717, 1.165) is 16.5 Å². The van der Waals surface area contributed by atoms with E-state index in [9.17, 15) is 9.18 Å². The minimum atomic E-state index is -0.314. The number of carbonyl (C=O) groups is 1. The zero-order valence-electron chi connectivity index (χ0n) is 16.0. The number of para-hydroxylation sites is 1. The van der Waals surface area contributed by atoms with Gasteiger partial charge in [0, 0.05) is 22.5 Å². The van der Waals surface area contributed by atoms with Crippen LogP contribution in [-0.2, 0) is 6.54 Å². The lowest BCUT2D eigenvalue weighted by molar-refractivity contribution is 0.0952. The SMILES string of the molecule is Cc1c(-c2ccc(Cl)cc2Cl)nc2ccccc2c1C(=O)NCc1ccc(F)cc1. The lowest BCUT2D eigenvalue weighted by atomic mass is 9.97. The van der Waals surface area contributed by atoms with Crippen molar-refractivity contribution < 1.29 is 9.18 Å². The van der Waals surface area contributed by atoms with Crippen molar-refractivity contribution in [1.29, 1.82) is 0 Å². The van der Waals surface area contributed by atoms with E-state index in [4.69, 9.17) is 28.2 Å². The van der Waals surface area contributed by atoms with Crippen molar-refractivity contribution in [1.82, 2.24) is 10.3 Å². The molecule has 3 nitrogen and oxygen atoms in total. The van der Waals surface area contributed by atoms with Crippen LogP contribution in [0.4, 0.5) is 4.39 Å². The third-order valence-electron chi connectivity index (χ3n) is 4.92. The second-order valence-corrected chi connectivity index (χ2v) is 7.75. The summed E-state index contributed by atoms with van der Waals surface area (Å²) in [6, 6.07) is 18.7. The van der Waals surface area contributed by atoms with Gasteiger partial charge in [0.25, 0.3) is 5.91 Å². The Morgan fingerprint density at radius 3 is 2.50 bits per heavy atom. The van der Waals surface area contributed by atoms with Gasteiger partial charge in [-0.2, -0.15) is 0 Å². The number of amides is 1. The zero-order valence-corrected chi connectivity index (χ0v) is 17.6. The lowest BCUT2D eigenvalue weighted by Gasteiger charge is -2.15. The Bertz CT molecular complexity index is 1260. The quantitative estimate of drug-likeness (QED) is 0.390. The van der Waals surface area contributed by atoms with Crippen LogP contribution in [-0.4, -0.2) is 10.9 Å². The maximum absolute atomic E-state index is 13.2. The Hall–Kier alpha value is -2.95. The first-order chi connectivity index (χ1) is 14.4. The van der Waals surface area contributed by atoms with Crippen molar-refractivity contribution in [3.63, 3.8) is 0 Å². The minimum Gasteiger partial charge on any atom is -0.348 e.